The molecule has 0 aliphatic heterocycles. The molecule has 0 radical (unpaired) electrons. The van der Waals surface area contributed by atoms with Crippen molar-refractivity contribution in [1.82, 2.24) is 4.98 Å². The molecule has 0 saturated carbocycles. The molecule has 0 atom stereocenters. The number of hydrogen-bond donors (Lipinski definition) is 1. The van der Waals surface area contributed by atoms with E-state index in [-0.39, 0.29) is 5.91 Å². The molecule has 1 amide bonds. The number of amides is 1. The zero-order valence-electron chi connectivity index (χ0n) is 10.0. The van der Waals surface area contributed by atoms with E-state index in [1.54, 1.807) is 19.1 Å². The topological polar surface area (TPSA) is 68.3 Å². The van der Waals surface area contributed by atoms with Crippen LogP contribution in [-0.2, 0) is 4.74 Å². The van der Waals surface area contributed by atoms with Gasteiger partial charge in [0.05, 0.1) is 22.0 Å². The van der Waals surface area contributed by atoms with Crippen LogP contribution in [0.15, 0.2) is 12.1 Å². The van der Waals surface area contributed by atoms with Crippen molar-refractivity contribution in [2.75, 3.05) is 12.4 Å². The predicted octanol–water partition coefficient (Wildman–Crippen LogP) is 3.21. The second kappa shape index (κ2) is 5.68. The van der Waals surface area contributed by atoms with Crippen molar-refractivity contribution < 1.29 is 14.3 Å². The fourth-order valence-electron chi connectivity index (χ4n) is 1.33. The third-order valence-electron chi connectivity index (χ3n) is 2.18. The fourth-order valence-corrected chi connectivity index (χ4v) is 3.15. The number of thiazole rings is 1. The Morgan fingerprint density at radius 2 is 2.11 bits per heavy atom. The maximum Gasteiger partial charge on any atom is 0.350 e. The number of hydrogen-bond acceptors (Lipinski definition) is 6. The van der Waals surface area contributed by atoms with Gasteiger partial charge in [0, 0.05) is 0 Å². The molecule has 2 aromatic rings. The summed E-state index contributed by atoms with van der Waals surface area (Å²) < 4.78 is 5.16. The summed E-state index contributed by atoms with van der Waals surface area (Å²) in [4.78, 5) is 28.3. The lowest BCUT2D eigenvalue weighted by atomic mass is 10.4. The van der Waals surface area contributed by atoms with Crippen molar-refractivity contribution in [1.29, 1.82) is 0 Å². The Hall–Kier alpha value is -1.44. The SMILES string of the molecule is COC(=O)c1sc(NC(=O)c2ccc(Cl)s2)nc1C. The lowest BCUT2D eigenvalue weighted by Gasteiger charge is -1.97. The lowest BCUT2D eigenvalue weighted by Crippen LogP contribution is -2.09. The number of nitrogens with one attached hydrogen (secondary N) is 1. The number of thiophene rings is 1. The summed E-state index contributed by atoms with van der Waals surface area (Å²) in [5.74, 6) is -0.767. The molecule has 0 unspecified atom stereocenters. The summed E-state index contributed by atoms with van der Waals surface area (Å²) in [6.45, 7) is 1.68. The highest BCUT2D eigenvalue weighted by Gasteiger charge is 2.17. The number of nitrogens with zero attached hydrogens (tertiary/aromatic N) is 1. The van der Waals surface area contributed by atoms with Gasteiger partial charge in [0.25, 0.3) is 5.91 Å². The van der Waals surface area contributed by atoms with E-state index in [0.29, 0.717) is 24.9 Å². The summed E-state index contributed by atoms with van der Waals surface area (Å²) in [5, 5.41) is 2.98. The average molecular weight is 317 g/mol. The van der Waals surface area contributed by atoms with Gasteiger partial charge in [-0.15, -0.1) is 11.3 Å². The van der Waals surface area contributed by atoms with Gasteiger partial charge in [0.15, 0.2) is 5.13 Å². The molecular weight excluding hydrogens is 308 g/mol. The van der Waals surface area contributed by atoms with Gasteiger partial charge >= 0.3 is 5.97 Å². The van der Waals surface area contributed by atoms with Crippen LogP contribution in [0, 0.1) is 6.92 Å². The number of aryl methyl sites for hydroxylation is 1. The molecule has 0 fully saturated rings. The first-order chi connectivity index (χ1) is 9.01. The number of anilines is 1. The van der Waals surface area contributed by atoms with Crippen LogP contribution in [0.1, 0.15) is 25.0 Å². The second-order valence-electron chi connectivity index (χ2n) is 3.48. The molecule has 5 nitrogen and oxygen atoms in total. The Morgan fingerprint density at radius 3 is 2.68 bits per heavy atom. The van der Waals surface area contributed by atoms with Crippen LogP contribution in [0.25, 0.3) is 0 Å². The van der Waals surface area contributed by atoms with Crippen LogP contribution in [0.5, 0.6) is 0 Å². The maximum absolute atomic E-state index is 11.9. The van der Waals surface area contributed by atoms with Gasteiger partial charge in [-0.05, 0) is 19.1 Å². The van der Waals surface area contributed by atoms with Crippen LogP contribution >= 0.6 is 34.3 Å². The van der Waals surface area contributed by atoms with E-state index in [1.165, 1.54) is 18.4 Å². The summed E-state index contributed by atoms with van der Waals surface area (Å²) in [6.07, 6.45) is 0. The third-order valence-corrected chi connectivity index (χ3v) is 4.47. The van der Waals surface area contributed by atoms with Crippen LogP contribution in [0.3, 0.4) is 0 Å². The molecule has 100 valence electrons. The van der Waals surface area contributed by atoms with Gasteiger partial charge in [-0.1, -0.05) is 22.9 Å². The smallest absolute Gasteiger partial charge is 0.350 e. The highest BCUT2D eigenvalue weighted by Crippen LogP contribution is 2.26. The van der Waals surface area contributed by atoms with Crippen molar-refractivity contribution in [3.63, 3.8) is 0 Å². The van der Waals surface area contributed by atoms with Gasteiger partial charge in [-0.2, -0.15) is 0 Å². The van der Waals surface area contributed by atoms with Crippen LogP contribution < -0.4 is 5.32 Å². The predicted molar refractivity (Wildman–Crippen MR) is 75.5 cm³/mol. The molecule has 0 aromatic carbocycles. The highest BCUT2D eigenvalue weighted by molar-refractivity contribution is 7.19. The number of esters is 1. The first-order valence-corrected chi connectivity index (χ1v) is 7.14. The standard InChI is InChI=1S/C11H9ClN2O3S2/c1-5-8(10(16)17-2)19-11(13-5)14-9(15)6-3-4-7(12)18-6/h3-4H,1-2H3,(H,13,14,15). The van der Waals surface area contributed by atoms with Gasteiger partial charge < -0.3 is 4.74 Å². The number of rotatable bonds is 3. The minimum absolute atomic E-state index is 0.304. The lowest BCUT2D eigenvalue weighted by molar-refractivity contribution is 0.0605. The molecule has 0 aliphatic rings. The van der Waals surface area contributed by atoms with Gasteiger partial charge in [-0.3, -0.25) is 10.1 Å². The maximum atomic E-state index is 11.9. The highest BCUT2D eigenvalue weighted by atomic mass is 35.5. The number of carbonyl (C=O) groups is 2. The first kappa shape index (κ1) is 14.0. The first-order valence-electron chi connectivity index (χ1n) is 5.13. The Bertz CT molecular complexity index is 636. The molecule has 1 N–H and O–H groups in total. The van der Waals surface area contributed by atoms with Crippen molar-refractivity contribution in [3.05, 3.63) is 31.9 Å². The van der Waals surface area contributed by atoms with Gasteiger partial charge in [0.1, 0.15) is 4.88 Å². The molecule has 0 spiro atoms. The van der Waals surface area contributed by atoms with E-state index >= 15 is 0 Å². The van der Waals surface area contributed by atoms with Crippen LogP contribution in [0.2, 0.25) is 4.34 Å². The van der Waals surface area contributed by atoms with E-state index in [1.807, 2.05) is 0 Å². The zero-order valence-corrected chi connectivity index (χ0v) is 12.4. The molecule has 0 bridgehead atoms. The normalized spacial score (nSPS) is 10.3. The molecule has 0 saturated heterocycles. The molecule has 2 heterocycles. The van der Waals surface area contributed by atoms with E-state index in [4.69, 9.17) is 11.6 Å². The number of carbonyl (C=O) groups excluding carboxylic acids is 2. The molecule has 0 aliphatic carbocycles. The molecule has 8 heteroatoms. The molecule has 2 aromatic heterocycles. The number of ether oxygens (including phenoxy) is 1. The quantitative estimate of drug-likeness (QED) is 0.883. The van der Waals surface area contributed by atoms with Gasteiger partial charge in [0.2, 0.25) is 0 Å². The van der Waals surface area contributed by atoms with E-state index in [0.717, 1.165) is 11.3 Å². The molecule has 2 rings (SSSR count). The third kappa shape index (κ3) is 3.12. The monoisotopic (exact) mass is 316 g/mol. The van der Waals surface area contributed by atoms with Crippen molar-refractivity contribution >= 4 is 51.3 Å². The van der Waals surface area contributed by atoms with E-state index < -0.39 is 5.97 Å². The number of aromatic nitrogens is 1. The summed E-state index contributed by atoms with van der Waals surface area (Å²) in [7, 11) is 1.30. The fraction of sp³-hybridized carbons (Fsp3) is 0.182. The van der Waals surface area contributed by atoms with Crippen LogP contribution in [-0.4, -0.2) is 24.0 Å². The van der Waals surface area contributed by atoms with Crippen molar-refractivity contribution in [2.24, 2.45) is 0 Å². The summed E-state index contributed by atoms with van der Waals surface area (Å²) in [6, 6.07) is 3.28. The minimum Gasteiger partial charge on any atom is -0.465 e. The second-order valence-corrected chi connectivity index (χ2v) is 6.20. The number of methoxy groups -OCH3 is 1. The van der Waals surface area contributed by atoms with Crippen LogP contribution in [0.4, 0.5) is 5.13 Å². The molecular formula is C11H9ClN2O3S2. The van der Waals surface area contributed by atoms with Crippen molar-refractivity contribution in [3.8, 4) is 0 Å². The van der Waals surface area contributed by atoms with E-state index in [9.17, 15) is 9.59 Å². The largest absolute Gasteiger partial charge is 0.465 e. The number of halogens is 1. The summed E-state index contributed by atoms with van der Waals surface area (Å²) >= 11 is 8.01. The Kier molecular flexibility index (Phi) is 4.18. The minimum atomic E-state index is -0.463. The summed E-state index contributed by atoms with van der Waals surface area (Å²) in [5.41, 5.74) is 0.524. The Morgan fingerprint density at radius 1 is 1.37 bits per heavy atom. The molecule has 19 heavy (non-hydrogen) atoms. The van der Waals surface area contributed by atoms with Gasteiger partial charge in [-0.25, -0.2) is 9.78 Å². The average Bonchev–Trinajstić information content (AvgIpc) is 2.95. The Balaban J connectivity index is 2.16. The van der Waals surface area contributed by atoms with Crippen molar-refractivity contribution in [2.45, 2.75) is 6.92 Å². The van der Waals surface area contributed by atoms with E-state index in [2.05, 4.69) is 15.0 Å². The zero-order chi connectivity index (χ0) is 14.0. The Labute approximate surface area is 122 Å².